The van der Waals surface area contributed by atoms with E-state index in [4.69, 9.17) is 0 Å². The van der Waals surface area contributed by atoms with Gasteiger partial charge in [-0.25, -0.2) is 0 Å². The summed E-state index contributed by atoms with van der Waals surface area (Å²) in [5.41, 5.74) is 1.24. The third-order valence-corrected chi connectivity index (χ3v) is 3.77. The van der Waals surface area contributed by atoms with Gasteiger partial charge < -0.3 is 0 Å². The van der Waals surface area contributed by atoms with Gasteiger partial charge in [0.15, 0.2) is 0 Å². The molecule has 0 aromatic carbocycles. The van der Waals surface area contributed by atoms with Gasteiger partial charge in [-0.2, -0.15) is 0 Å². The summed E-state index contributed by atoms with van der Waals surface area (Å²) in [6.45, 7) is 7.11. The fourth-order valence-electron chi connectivity index (χ4n) is 2.47. The average Bonchev–Trinajstić information content (AvgIpc) is 2.44. The summed E-state index contributed by atoms with van der Waals surface area (Å²) in [4.78, 5) is 0. The maximum Gasteiger partial charge on any atom is -0.00611 e. The van der Waals surface area contributed by atoms with E-state index < -0.39 is 0 Å². The second kappa shape index (κ2) is 1.91. The summed E-state index contributed by atoms with van der Waals surface area (Å²) in [6, 6.07) is 0. The van der Waals surface area contributed by atoms with Crippen LogP contribution in [0.1, 0.15) is 40.0 Å². The third-order valence-electron chi connectivity index (χ3n) is 3.77. The quantitative estimate of drug-likeness (QED) is 0.464. The molecule has 0 nitrogen and oxygen atoms in total. The van der Waals surface area contributed by atoms with Crippen LogP contribution in [0.5, 0.6) is 0 Å². The van der Waals surface area contributed by atoms with E-state index in [2.05, 4.69) is 32.9 Å². The van der Waals surface area contributed by atoms with Crippen molar-refractivity contribution in [3.63, 3.8) is 0 Å². The molecule has 0 radical (unpaired) electrons. The van der Waals surface area contributed by atoms with Gasteiger partial charge in [0.2, 0.25) is 0 Å². The lowest BCUT2D eigenvalue weighted by Crippen LogP contribution is -2.12. The van der Waals surface area contributed by atoms with Gasteiger partial charge in [-0.1, -0.05) is 32.9 Å². The molecule has 2 aliphatic rings. The zero-order chi connectivity index (χ0) is 8.11. The van der Waals surface area contributed by atoms with Crippen molar-refractivity contribution in [2.75, 3.05) is 0 Å². The lowest BCUT2D eigenvalue weighted by Gasteiger charge is -2.23. The Labute approximate surface area is 69.7 Å². The van der Waals surface area contributed by atoms with E-state index in [0.717, 1.165) is 5.92 Å². The number of rotatable bonds is 0. The average molecular weight is 150 g/mol. The van der Waals surface area contributed by atoms with Crippen molar-refractivity contribution in [2.45, 2.75) is 40.0 Å². The number of hydrogen-bond acceptors (Lipinski definition) is 0. The normalized spacial score (nSPS) is 46.3. The van der Waals surface area contributed by atoms with Crippen LogP contribution < -0.4 is 0 Å². The highest BCUT2D eigenvalue weighted by atomic mass is 14.6. The zero-order valence-corrected chi connectivity index (χ0v) is 7.85. The molecule has 2 rings (SSSR count). The monoisotopic (exact) mass is 150 g/mol. The number of allylic oxidation sites excluding steroid dienone is 2. The summed E-state index contributed by atoms with van der Waals surface area (Å²) >= 11 is 0. The minimum Gasteiger partial charge on any atom is -0.0851 e. The maximum absolute atomic E-state index is 2.49. The van der Waals surface area contributed by atoms with Gasteiger partial charge in [-0.3, -0.25) is 0 Å². The van der Waals surface area contributed by atoms with Crippen LogP contribution in [0.15, 0.2) is 12.2 Å². The molecule has 1 saturated carbocycles. The van der Waals surface area contributed by atoms with E-state index in [1.807, 2.05) is 0 Å². The lowest BCUT2D eigenvalue weighted by atomic mass is 9.82. The minimum absolute atomic E-state index is 0.615. The fraction of sp³-hybridized carbons (Fsp3) is 0.818. The molecule has 1 fully saturated rings. The van der Waals surface area contributed by atoms with Gasteiger partial charge in [-0.05, 0) is 36.0 Å². The van der Waals surface area contributed by atoms with Crippen molar-refractivity contribution in [1.82, 2.24) is 0 Å². The summed E-state index contributed by atoms with van der Waals surface area (Å²) in [7, 11) is 0. The highest BCUT2D eigenvalue weighted by Crippen LogP contribution is 2.68. The molecule has 2 aliphatic carbocycles. The Hall–Kier alpha value is -0.260. The minimum atomic E-state index is 0.615. The molecule has 0 heterocycles. The van der Waals surface area contributed by atoms with Crippen LogP contribution >= 0.6 is 0 Å². The molecule has 0 saturated heterocycles. The summed E-state index contributed by atoms with van der Waals surface area (Å²) < 4.78 is 0. The molecule has 11 heavy (non-hydrogen) atoms. The predicted octanol–water partition coefficient (Wildman–Crippen LogP) is 3.39. The van der Waals surface area contributed by atoms with Gasteiger partial charge in [0, 0.05) is 0 Å². The standard InChI is InChI=1S/C11H18/c1-9-4-6-11(7-5-9)8-10(11,2)3/h4,6,9H,5,7-8H2,1-3H3. The molecule has 0 heteroatoms. The first-order valence-electron chi connectivity index (χ1n) is 4.75. The van der Waals surface area contributed by atoms with Crippen LogP contribution in [-0.2, 0) is 0 Å². The zero-order valence-electron chi connectivity index (χ0n) is 7.85. The topological polar surface area (TPSA) is 0 Å². The Balaban J connectivity index is 2.15. The van der Waals surface area contributed by atoms with Crippen LogP contribution in [0.2, 0.25) is 0 Å². The summed E-state index contributed by atoms with van der Waals surface area (Å²) in [6.07, 6.45) is 9.15. The number of hydrogen-bond donors (Lipinski definition) is 0. The van der Waals surface area contributed by atoms with Crippen LogP contribution in [0.25, 0.3) is 0 Å². The van der Waals surface area contributed by atoms with Crippen LogP contribution in [0, 0.1) is 16.7 Å². The van der Waals surface area contributed by atoms with E-state index in [1.54, 1.807) is 0 Å². The first-order valence-corrected chi connectivity index (χ1v) is 4.75. The molecule has 0 aromatic rings. The Kier molecular flexibility index (Phi) is 1.28. The second-order valence-corrected chi connectivity index (χ2v) is 5.09. The van der Waals surface area contributed by atoms with Crippen molar-refractivity contribution in [3.05, 3.63) is 12.2 Å². The van der Waals surface area contributed by atoms with E-state index in [0.29, 0.717) is 10.8 Å². The first-order chi connectivity index (χ1) is 5.06. The second-order valence-electron chi connectivity index (χ2n) is 5.09. The smallest absolute Gasteiger partial charge is 0.00611 e. The van der Waals surface area contributed by atoms with Gasteiger partial charge in [0.05, 0.1) is 0 Å². The highest BCUT2D eigenvalue weighted by Gasteiger charge is 2.59. The largest absolute Gasteiger partial charge is 0.0851 e. The fourth-order valence-corrected chi connectivity index (χ4v) is 2.47. The molecule has 2 atom stereocenters. The molecule has 0 aliphatic heterocycles. The molecular weight excluding hydrogens is 132 g/mol. The van der Waals surface area contributed by atoms with E-state index in [1.165, 1.54) is 19.3 Å². The van der Waals surface area contributed by atoms with Crippen molar-refractivity contribution in [3.8, 4) is 0 Å². The molecule has 1 spiro atoms. The summed E-state index contributed by atoms with van der Waals surface area (Å²) in [5, 5.41) is 0. The third kappa shape index (κ3) is 0.953. The molecule has 0 bridgehead atoms. The first kappa shape index (κ1) is 7.39. The van der Waals surface area contributed by atoms with Crippen LogP contribution in [0.4, 0.5) is 0 Å². The van der Waals surface area contributed by atoms with Crippen molar-refractivity contribution in [1.29, 1.82) is 0 Å². The van der Waals surface area contributed by atoms with E-state index in [-0.39, 0.29) is 0 Å². The maximum atomic E-state index is 2.49. The summed E-state index contributed by atoms with van der Waals surface area (Å²) in [5.74, 6) is 0.831. The van der Waals surface area contributed by atoms with Gasteiger partial charge in [-0.15, -0.1) is 0 Å². The Morgan fingerprint density at radius 1 is 1.36 bits per heavy atom. The molecular formula is C11H18. The highest BCUT2D eigenvalue weighted by molar-refractivity contribution is 5.22. The lowest BCUT2D eigenvalue weighted by molar-refractivity contribution is 0.381. The molecule has 0 N–H and O–H groups in total. The van der Waals surface area contributed by atoms with Crippen LogP contribution in [-0.4, -0.2) is 0 Å². The molecule has 0 aromatic heterocycles. The predicted molar refractivity (Wildman–Crippen MR) is 48.4 cm³/mol. The Morgan fingerprint density at radius 3 is 2.36 bits per heavy atom. The van der Waals surface area contributed by atoms with Gasteiger partial charge in [0.25, 0.3) is 0 Å². The molecule has 62 valence electrons. The van der Waals surface area contributed by atoms with Crippen molar-refractivity contribution >= 4 is 0 Å². The van der Waals surface area contributed by atoms with Crippen LogP contribution in [0.3, 0.4) is 0 Å². The van der Waals surface area contributed by atoms with Gasteiger partial charge >= 0.3 is 0 Å². The van der Waals surface area contributed by atoms with Crippen molar-refractivity contribution in [2.24, 2.45) is 16.7 Å². The van der Waals surface area contributed by atoms with E-state index in [9.17, 15) is 0 Å². The van der Waals surface area contributed by atoms with Gasteiger partial charge in [0.1, 0.15) is 0 Å². The Morgan fingerprint density at radius 2 is 2.00 bits per heavy atom. The van der Waals surface area contributed by atoms with Crippen molar-refractivity contribution < 1.29 is 0 Å². The van der Waals surface area contributed by atoms with E-state index >= 15 is 0 Å². The molecule has 0 amide bonds. The molecule has 2 unspecified atom stereocenters. The Bertz CT molecular complexity index is 200. The SMILES string of the molecule is CC1C=CC2(CC1)CC2(C)C.